The van der Waals surface area contributed by atoms with Crippen LogP contribution in [0.15, 0.2) is 22.7 Å². The fourth-order valence-corrected chi connectivity index (χ4v) is 3.74. The molecule has 0 spiro atoms. The van der Waals surface area contributed by atoms with Crippen LogP contribution in [0.1, 0.15) is 57.8 Å². The Hall–Kier alpha value is -0.0400. The Bertz CT molecular complexity index is 259. The third-order valence-electron chi connectivity index (χ3n) is 3.89. The Kier molecular flexibility index (Phi) is 5.15. The van der Waals surface area contributed by atoms with Crippen LogP contribution in [-0.2, 0) is 0 Å². The Morgan fingerprint density at radius 3 is 2.62 bits per heavy atom. The smallest absolute Gasteiger partial charge is 0.00424 e. The molecule has 0 N–H and O–H groups in total. The van der Waals surface area contributed by atoms with E-state index in [1.807, 2.05) is 0 Å². The van der Waals surface area contributed by atoms with Crippen LogP contribution in [0.2, 0.25) is 0 Å². The van der Waals surface area contributed by atoms with E-state index in [2.05, 4.69) is 34.2 Å². The normalized spacial score (nSPS) is 28.3. The third kappa shape index (κ3) is 4.08. The van der Waals surface area contributed by atoms with Crippen LogP contribution in [0, 0.1) is 11.8 Å². The second kappa shape index (κ2) is 6.64. The molecule has 1 unspecified atom stereocenters. The monoisotopic (exact) mass is 282 g/mol. The van der Waals surface area contributed by atoms with Crippen LogP contribution in [0.4, 0.5) is 0 Å². The zero-order valence-electron chi connectivity index (χ0n) is 10.1. The summed E-state index contributed by atoms with van der Waals surface area (Å²) in [5.41, 5.74) is 0. The molecule has 0 aliphatic heterocycles. The summed E-state index contributed by atoms with van der Waals surface area (Å²) in [6.45, 7) is 0. The van der Waals surface area contributed by atoms with Crippen molar-refractivity contribution in [2.24, 2.45) is 11.8 Å². The van der Waals surface area contributed by atoms with Gasteiger partial charge in [-0.2, -0.15) is 0 Å². The maximum Gasteiger partial charge on any atom is -0.00424 e. The lowest BCUT2D eigenvalue weighted by Crippen LogP contribution is -2.06. The van der Waals surface area contributed by atoms with E-state index in [0.717, 1.165) is 5.92 Å². The van der Waals surface area contributed by atoms with Gasteiger partial charge in [-0.3, -0.25) is 0 Å². The first-order valence-electron chi connectivity index (χ1n) is 6.87. The zero-order chi connectivity index (χ0) is 11.2. The Labute approximate surface area is 108 Å². The quantitative estimate of drug-likeness (QED) is 0.592. The van der Waals surface area contributed by atoms with Crippen LogP contribution in [-0.4, -0.2) is 0 Å². The van der Waals surface area contributed by atoms with Crippen LogP contribution in [0.5, 0.6) is 0 Å². The molecule has 0 aromatic carbocycles. The van der Waals surface area contributed by atoms with Gasteiger partial charge >= 0.3 is 0 Å². The first kappa shape index (κ1) is 12.4. The molecule has 90 valence electrons. The first-order chi connectivity index (χ1) is 7.84. The maximum absolute atomic E-state index is 3.78. The van der Waals surface area contributed by atoms with Gasteiger partial charge in [0, 0.05) is 0 Å². The molecular weight excluding hydrogens is 260 g/mol. The van der Waals surface area contributed by atoms with E-state index in [-0.39, 0.29) is 0 Å². The molecule has 1 heteroatoms. The second-order valence-electron chi connectivity index (χ2n) is 5.34. The highest BCUT2D eigenvalue weighted by Crippen LogP contribution is 2.32. The molecule has 2 rings (SSSR count). The van der Waals surface area contributed by atoms with Crippen molar-refractivity contribution in [1.82, 2.24) is 0 Å². The predicted octanol–water partition coefficient (Wildman–Crippen LogP) is 5.59. The van der Waals surface area contributed by atoms with Gasteiger partial charge in [-0.15, -0.1) is 0 Å². The SMILES string of the molecule is Br/C(=C/C1C=CCCC1)CC1CCCCC1. The minimum atomic E-state index is 0.701. The van der Waals surface area contributed by atoms with Crippen LogP contribution in [0.25, 0.3) is 0 Å². The highest BCUT2D eigenvalue weighted by molar-refractivity contribution is 9.11. The van der Waals surface area contributed by atoms with Gasteiger partial charge in [-0.05, 0) is 42.0 Å². The Morgan fingerprint density at radius 1 is 1.12 bits per heavy atom. The summed E-state index contributed by atoms with van der Waals surface area (Å²) in [6, 6.07) is 0. The van der Waals surface area contributed by atoms with Crippen molar-refractivity contribution >= 4 is 15.9 Å². The van der Waals surface area contributed by atoms with Gasteiger partial charge in [0.2, 0.25) is 0 Å². The Morgan fingerprint density at radius 2 is 1.94 bits per heavy atom. The summed E-state index contributed by atoms with van der Waals surface area (Å²) in [6.07, 6.45) is 19.7. The molecule has 2 aliphatic rings. The topological polar surface area (TPSA) is 0 Å². The number of hydrogen-bond acceptors (Lipinski definition) is 0. The minimum Gasteiger partial charge on any atom is -0.0879 e. The summed E-state index contributed by atoms with van der Waals surface area (Å²) in [5.74, 6) is 1.65. The first-order valence-corrected chi connectivity index (χ1v) is 7.67. The maximum atomic E-state index is 3.78. The molecule has 0 amide bonds. The summed E-state index contributed by atoms with van der Waals surface area (Å²) in [5, 5.41) is 0. The zero-order valence-corrected chi connectivity index (χ0v) is 11.7. The molecule has 1 saturated carbocycles. The van der Waals surface area contributed by atoms with Gasteiger partial charge in [0.15, 0.2) is 0 Å². The summed E-state index contributed by atoms with van der Waals surface area (Å²) < 4.78 is 1.45. The summed E-state index contributed by atoms with van der Waals surface area (Å²) >= 11 is 3.78. The van der Waals surface area contributed by atoms with Gasteiger partial charge in [0.05, 0.1) is 0 Å². The summed E-state index contributed by atoms with van der Waals surface area (Å²) in [7, 11) is 0. The molecule has 0 saturated heterocycles. The molecule has 0 nitrogen and oxygen atoms in total. The van der Waals surface area contributed by atoms with E-state index in [1.54, 1.807) is 0 Å². The fourth-order valence-electron chi connectivity index (χ4n) is 2.94. The van der Waals surface area contributed by atoms with Crippen LogP contribution in [0.3, 0.4) is 0 Å². The van der Waals surface area contributed by atoms with Crippen molar-refractivity contribution < 1.29 is 0 Å². The molecule has 1 fully saturated rings. The van der Waals surface area contributed by atoms with Gasteiger partial charge in [0.1, 0.15) is 0 Å². The largest absolute Gasteiger partial charge is 0.0879 e. The number of allylic oxidation sites excluding steroid dienone is 4. The number of hydrogen-bond donors (Lipinski definition) is 0. The van der Waals surface area contributed by atoms with Crippen molar-refractivity contribution in [2.45, 2.75) is 57.8 Å². The van der Waals surface area contributed by atoms with Crippen molar-refractivity contribution in [1.29, 1.82) is 0 Å². The lowest BCUT2D eigenvalue weighted by molar-refractivity contribution is 0.360. The van der Waals surface area contributed by atoms with E-state index in [9.17, 15) is 0 Å². The van der Waals surface area contributed by atoms with E-state index < -0.39 is 0 Å². The molecule has 0 heterocycles. The van der Waals surface area contributed by atoms with E-state index in [1.165, 1.54) is 62.3 Å². The van der Waals surface area contributed by atoms with Crippen molar-refractivity contribution in [3.05, 3.63) is 22.7 Å². The molecule has 2 aliphatic carbocycles. The predicted molar refractivity (Wildman–Crippen MR) is 74.7 cm³/mol. The van der Waals surface area contributed by atoms with Crippen molar-refractivity contribution in [3.8, 4) is 0 Å². The fraction of sp³-hybridized carbons (Fsp3) is 0.733. The van der Waals surface area contributed by atoms with E-state index >= 15 is 0 Å². The standard InChI is InChI=1S/C15H23Br/c16-15(11-13-7-3-1-4-8-13)12-14-9-5-2-6-10-14/h3,7,11,13-14H,1-2,4-6,8-10,12H2/b15-11+. The minimum absolute atomic E-state index is 0.701. The molecule has 0 aromatic heterocycles. The second-order valence-corrected chi connectivity index (χ2v) is 6.36. The highest BCUT2D eigenvalue weighted by atomic mass is 79.9. The molecule has 0 radical (unpaired) electrons. The third-order valence-corrected chi connectivity index (χ3v) is 4.48. The van der Waals surface area contributed by atoms with Crippen LogP contribution >= 0.6 is 15.9 Å². The molecular formula is C15H23Br. The Balaban J connectivity index is 1.81. The van der Waals surface area contributed by atoms with Crippen LogP contribution < -0.4 is 0 Å². The number of halogens is 1. The van der Waals surface area contributed by atoms with Crippen molar-refractivity contribution in [3.63, 3.8) is 0 Å². The average molecular weight is 283 g/mol. The lowest BCUT2D eigenvalue weighted by atomic mass is 9.86. The van der Waals surface area contributed by atoms with E-state index in [0.29, 0.717) is 5.92 Å². The summed E-state index contributed by atoms with van der Waals surface area (Å²) in [4.78, 5) is 0. The highest BCUT2D eigenvalue weighted by Gasteiger charge is 2.15. The van der Waals surface area contributed by atoms with Gasteiger partial charge in [-0.1, -0.05) is 66.3 Å². The van der Waals surface area contributed by atoms with Gasteiger partial charge in [0.25, 0.3) is 0 Å². The number of rotatable bonds is 3. The molecule has 0 aromatic rings. The molecule has 1 atom stereocenters. The lowest BCUT2D eigenvalue weighted by Gasteiger charge is -2.22. The van der Waals surface area contributed by atoms with Crippen molar-refractivity contribution in [2.75, 3.05) is 0 Å². The van der Waals surface area contributed by atoms with Gasteiger partial charge < -0.3 is 0 Å². The van der Waals surface area contributed by atoms with Gasteiger partial charge in [-0.25, -0.2) is 0 Å². The molecule has 0 bridgehead atoms. The molecule has 16 heavy (non-hydrogen) atoms. The van der Waals surface area contributed by atoms with E-state index in [4.69, 9.17) is 0 Å². The average Bonchev–Trinajstić information content (AvgIpc) is 2.31.